The lowest BCUT2D eigenvalue weighted by atomic mass is 10.0. The summed E-state index contributed by atoms with van der Waals surface area (Å²) in [7, 11) is 2.11. The minimum atomic E-state index is -0.538. The molecule has 4 aromatic rings. The number of nitrogens with zero attached hydrogens (tertiary/aromatic N) is 4. The summed E-state index contributed by atoms with van der Waals surface area (Å²) < 4.78 is 13.4. The molecule has 0 spiro atoms. The number of carbonyl (C=O) groups is 1. The number of piperidine rings is 1. The Kier molecular flexibility index (Phi) is 6.89. The van der Waals surface area contributed by atoms with Crippen molar-refractivity contribution in [1.29, 1.82) is 0 Å². The normalized spacial score (nSPS) is 14.9. The Morgan fingerprint density at radius 1 is 1.17 bits per heavy atom. The van der Waals surface area contributed by atoms with E-state index in [1.54, 1.807) is 29.1 Å². The van der Waals surface area contributed by atoms with Crippen molar-refractivity contribution in [3.8, 4) is 5.75 Å². The van der Waals surface area contributed by atoms with Gasteiger partial charge in [-0.25, -0.2) is 9.48 Å². The van der Waals surface area contributed by atoms with Gasteiger partial charge in [0.05, 0.1) is 12.7 Å². The van der Waals surface area contributed by atoms with Crippen LogP contribution in [0.4, 0.5) is 0 Å². The Balaban J connectivity index is 1.30. The summed E-state index contributed by atoms with van der Waals surface area (Å²) >= 11 is 5.93. The fourth-order valence-electron chi connectivity index (χ4n) is 4.43. The molecule has 0 N–H and O–H groups in total. The molecule has 9 heteroatoms. The summed E-state index contributed by atoms with van der Waals surface area (Å²) in [6, 6.07) is 12.9. The third-order valence-electron chi connectivity index (χ3n) is 6.57. The van der Waals surface area contributed by atoms with Crippen molar-refractivity contribution in [2.24, 2.45) is 0 Å². The monoisotopic (exact) mass is 506 g/mol. The van der Waals surface area contributed by atoms with Gasteiger partial charge in [-0.2, -0.15) is 0 Å². The van der Waals surface area contributed by atoms with Crippen LogP contribution in [0.25, 0.3) is 11.0 Å². The van der Waals surface area contributed by atoms with Gasteiger partial charge in [-0.15, -0.1) is 5.10 Å². The molecule has 0 amide bonds. The molecule has 1 aliphatic rings. The number of Topliss-reactive ketones (excluding diaryl/α,β-unsaturated/α-hetero) is 1. The molecular formula is C27H27ClN4O4. The number of aromatic nitrogens is 3. The molecular weight excluding hydrogens is 480 g/mol. The van der Waals surface area contributed by atoms with Crippen LogP contribution < -0.4 is 10.4 Å². The highest BCUT2D eigenvalue weighted by molar-refractivity contribution is 6.30. The summed E-state index contributed by atoms with van der Waals surface area (Å²) in [6.45, 7) is 4.34. The zero-order valence-corrected chi connectivity index (χ0v) is 21.0. The van der Waals surface area contributed by atoms with Crippen LogP contribution in [0.2, 0.25) is 5.02 Å². The van der Waals surface area contributed by atoms with E-state index in [0.29, 0.717) is 17.2 Å². The number of halogens is 1. The lowest BCUT2D eigenvalue weighted by Crippen LogP contribution is -2.35. The van der Waals surface area contributed by atoms with Gasteiger partial charge in [-0.3, -0.25) is 4.79 Å². The number of benzene rings is 2. The van der Waals surface area contributed by atoms with E-state index in [1.807, 2.05) is 31.2 Å². The maximum atomic E-state index is 12.8. The van der Waals surface area contributed by atoms with Crippen LogP contribution in [-0.4, -0.2) is 51.9 Å². The van der Waals surface area contributed by atoms with Gasteiger partial charge in [0.2, 0.25) is 0 Å². The van der Waals surface area contributed by atoms with Gasteiger partial charge in [0.25, 0.3) is 0 Å². The smallest absolute Gasteiger partial charge is 0.339 e. The fourth-order valence-corrected chi connectivity index (χ4v) is 4.55. The minimum absolute atomic E-state index is 0.120. The van der Waals surface area contributed by atoms with Gasteiger partial charge in [0, 0.05) is 41.0 Å². The van der Waals surface area contributed by atoms with Crippen LogP contribution in [0.5, 0.6) is 5.75 Å². The van der Waals surface area contributed by atoms with Gasteiger partial charge >= 0.3 is 5.63 Å². The predicted octanol–water partition coefficient (Wildman–Crippen LogP) is 4.29. The Morgan fingerprint density at radius 2 is 1.92 bits per heavy atom. The van der Waals surface area contributed by atoms with Crippen LogP contribution in [0.1, 0.15) is 40.0 Å². The van der Waals surface area contributed by atoms with Crippen LogP contribution in [-0.2, 0) is 13.0 Å². The lowest BCUT2D eigenvalue weighted by Gasteiger charge is -2.29. The Hall–Kier alpha value is -3.49. The van der Waals surface area contributed by atoms with E-state index in [1.165, 1.54) is 0 Å². The molecule has 0 saturated carbocycles. The topological polar surface area (TPSA) is 90.5 Å². The SMILES string of the molecule is Cc1c(OC2CCN(C)CC2)ccc2cc(CC(=O)c3cn(Cc4ccc(Cl)cc4)nn3)c(=O)oc12. The highest BCUT2D eigenvalue weighted by Gasteiger charge is 2.21. The van der Waals surface area contributed by atoms with Gasteiger partial charge < -0.3 is 14.1 Å². The number of ketones is 1. The average molecular weight is 507 g/mol. The average Bonchev–Trinajstić information content (AvgIpc) is 3.33. The maximum Gasteiger partial charge on any atom is 0.339 e. The van der Waals surface area contributed by atoms with E-state index < -0.39 is 5.63 Å². The second kappa shape index (κ2) is 10.2. The molecule has 3 heterocycles. The molecule has 8 nitrogen and oxygen atoms in total. The number of fused-ring (bicyclic) bond motifs is 1. The highest BCUT2D eigenvalue weighted by Crippen LogP contribution is 2.29. The van der Waals surface area contributed by atoms with Crippen molar-refractivity contribution in [3.05, 3.63) is 86.5 Å². The second-order valence-corrected chi connectivity index (χ2v) is 9.75. The summed E-state index contributed by atoms with van der Waals surface area (Å²) in [5.74, 6) is 0.421. The first-order chi connectivity index (χ1) is 17.4. The zero-order valence-electron chi connectivity index (χ0n) is 20.2. The van der Waals surface area contributed by atoms with Crippen LogP contribution in [0, 0.1) is 6.92 Å². The molecule has 0 radical (unpaired) electrons. The second-order valence-electron chi connectivity index (χ2n) is 9.31. The van der Waals surface area contributed by atoms with Gasteiger partial charge in [0.1, 0.15) is 23.1 Å². The molecule has 5 rings (SSSR count). The molecule has 0 atom stereocenters. The van der Waals surface area contributed by atoms with Crippen molar-refractivity contribution in [2.45, 2.75) is 38.8 Å². The number of rotatable bonds is 7. The van der Waals surface area contributed by atoms with Crippen molar-refractivity contribution in [2.75, 3.05) is 20.1 Å². The van der Waals surface area contributed by atoms with E-state index in [-0.39, 0.29) is 29.6 Å². The zero-order chi connectivity index (χ0) is 25.2. The van der Waals surface area contributed by atoms with Gasteiger partial charge in [-0.05, 0) is 62.7 Å². The van der Waals surface area contributed by atoms with Crippen LogP contribution >= 0.6 is 11.6 Å². The maximum absolute atomic E-state index is 12.8. The molecule has 1 fully saturated rings. The number of hydrogen-bond acceptors (Lipinski definition) is 7. The van der Waals surface area contributed by atoms with E-state index in [9.17, 15) is 9.59 Å². The number of likely N-dealkylation sites (tertiary alicyclic amines) is 1. The fraction of sp³-hybridized carbons (Fsp3) is 0.333. The highest BCUT2D eigenvalue weighted by atomic mass is 35.5. The molecule has 1 aliphatic heterocycles. The first kappa shape index (κ1) is 24.2. The van der Waals surface area contributed by atoms with Crippen molar-refractivity contribution in [3.63, 3.8) is 0 Å². The van der Waals surface area contributed by atoms with E-state index in [2.05, 4.69) is 22.3 Å². The largest absolute Gasteiger partial charge is 0.490 e. The van der Waals surface area contributed by atoms with E-state index in [0.717, 1.165) is 48.2 Å². The van der Waals surface area contributed by atoms with Crippen LogP contribution in [0.15, 0.2) is 57.9 Å². The third-order valence-corrected chi connectivity index (χ3v) is 6.82. The quantitative estimate of drug-likeness (QED) is 0.273. The Bertz CT molecular complexity index is 1450. The Labute approximate surface area is 213 Å². The minimum Gasteiger partial charge on any atom is -0.490 e. The first-order valence-electron chi connectivity index (χ1n) is 11.9. The first-order valence-corrected chi connectivity index (χ1v) is 12.3. The van der Waals surface area contributed by atoms with Crippen molar-refractivity contribution < 1.29 is 13.9 Å². The molecule has 36 heavy (non-hydrogen) atoms. The molecule has 2 aromatic heterocycles. The van der Waals surface area contributed by atoms with Crippen molar-refractivity contribution >= 4 is 28.4 Å². The molecule has 0 aliphatic carbocycles. The number of hydrogen-bond donors (Lipinski definition) is 0. The number of carbonyl (C=O) groups excluding carboxylic acids is 1. The summed E-state index contributed by atoms with van der Waals surface area (Å²) in [5, 5.41) is 9.42. The lowest BCUT2D eigenvalue weighted by molar-refractivity contribution is 0.0987. The van der Waals surface area contributed by atoms with Crippen LogP contribution in [0.3, 0.4) is 0 Å². The van der Waals surface area contributed by atoms with Gasteiger partial charge in [0.15, 0.2) is 5.78 Å². The molecule has 186 valence electrons. The number of aryl methyl sites for hydroxylation is 1. The molecule has 0 unspecified atom stereocenters. The van der Waals surface area contributed by atoms with Gasteiger partial charge in [-0.1, -0.05) is 28.9 Å². The van der Waals surface area contributed by atoms with E-state index in [4.69, 9.17) is 20.8 Å². The molecule has 2 aromatic carbocycles. The number of ether oxygens (including phenoxy) is 1. The third kappa shape index (κ3) is 5.34. The summed E-state index contributed by atoms with van der Waals surface area (Å²) in [5.41, 5.74) is 2.18. The van der Waals surface area contributed by atoms with Crippen molar-refractivity contribution in [1.82, 2.24) is 19.9 Å². The standard InChI is InChI=1S/C27H27ClN4O4/c1-17-25(35-22-9-11-31(2)12-10-22)8-5-19-13-20(27(34)36-26(17)19)14-24(33)23-16-32(30-29-23)15-18-3-6-21(28)7-4-18/h3-8,13,16,22H,9-12,14-15H2,1-2H3. The van der Waals surface area contributed by atoms with E-state index >= 15 is 0 Å². The molecule has 1 saturated heterocycles. The Morgan fingerprint density at radius 3 is 2.67 bits per heavy atom. The molecule has 0 bridgehead atoms. The predicted molar refractivity (Wildman–Crippen MR) is 137 cm³/mol. The summed E-state index contributed by atoms with van der Waals surface area (Å²) in [4.78, 5) is 27.9. The summed E-state index contributed by atoms with van der Waals surface area (Å²) in [6.07, 6.45) is 3.53.